The number of aliphatic carboxylic acids is 1. The first kappa shape index (κ1) is 8.98. The molecule has 0 saturated heterocycles. The zero-order valence-electron chi connectivity index (χ0n) is 5.44. The van der Waals surface area contributed by atoms with Crippen molar-refractivity contribution in [2.24, 2.45) is 0 Å². The molecule has 0 aliphatic rings. The third-order valence-corrected chi connectivity index (χ3v) is 3.62. The molecule has 0 aliphatic heterocycles. The molecule has 0 amide bonds. The van der Waals surface area contributed by atoms with E-state index < -0.39 is 11.0 Å². The van der Waals surface area contributed by atoms with Gasteiger partial charge in [0.05, 0.1) is 5.04 Å². The van der Waals surface area contributed by atoms with Crippen LogP contribution in [0.3, 0.4) is 0 Å². The minimum Gasteiger partial charge on any atom is -0.481 e. The molecule has 1 N–H and O–H groups in total. The molecule has 2 radical (unpaired) electrons. The molecule has 0 saturated carbocycles. The van der Waals surface area contributed by atoms with E-state index in [2.05, 4.69) is 0 Å². The van der Waals surface area contributed by atoms with Crippen molar-refractivity contribution in [3.05, 3.63) is 0 Å². The molecule has 0 aromatic heterocycles. The van der Waals surface area contributed by atoms with Gasteiger partial charge in [0, 0.05) is 0 Å². The van der Waals surface area contributed by atoms with Crippen molar-refractivity contribution < 1.29 is 9.90 Å². The highest BCUT2D eigenvalue weighted by Crippen LogP contribution is 2.29. The van der Waals surface area contributed by atoms with Crippen molar-refractivity contribution in [1.82, 2.24) is 0 Å². The van der Waals surface area contributed by atoms with Gasteiger partial charge in [-0.3, -0.25) is 4.79 Å². The van der Waals surface area contributed by atoms with Crippen LogP contribution in [-0.4, -0.2) is 19.9 Å². The predicted molar refractivity (Wildman–Crippen MR) is 37.9 cm³/mol. The van der Waals surface area contributed by atoms with Crippen molar-refractivity contribution in [3.8, 4) is 0 Å². The molecule has 0 spiro atoms. The zero-order valence-corrected chi connectivity index (χ0v) is 7.20. The van der Waals surface area contributed by atoms with Gasteiger partial charge >= 0.3 is 5.97 Å². The van der Waals surface area contributed by atoms with E-state index >= 15 is 0 Å². The Kier molecular flexibility index (Phi) is 3.21. The number of hydrogen-bond donors (Lipinski definition) is 1. The van der Waals surface area contributed by atoms with Crippen molar-refractivity contribution in [2.75, 3.05) is 0 Å². The molecule has 0 aromatic rings. The number of carboxylic acid groups (broad SMARTS) is 1. The van der Waals surface area contributed by atoms with Crippen LogP contribution in [0.5, 0.6) is 0 Å². The molecule has 4 heteroatoms. The van der Waals surface area contributed by atoms with Gasteiger partial charge in [0.15, 0.2) is 8.83 Å². The molecule has 0 rings (SSSR count). The molecule has 0 heterocycles. The quantitative estimate of drug-likeness (QED) is 0.507. The minimum atomic E-state index is -0.807. The molecular weight excluding hydrogens is 156 g/mol. The Labute approximate surface area is 61.7 Å². The van der Waals surface area contributed by atoms with E-state index in [9.17, 15) is 4.79 Å². The second kappa shape index (κ2) is 3.22. The average Bonchev–Trinajstić information content (AvgIpc) is 1.86. The van der Waals surface area contributed by atoms with Crippen LogP contribution in [0, 0.1) is 0 Å². The maximum atomic E-state index is 10.4. The number of halogens is 1. The summed E-state index contributed by atoms with van der Waals surface area (Å²) in [5.74, 6) is -0.807. The maximum Gasteiger partial charge on any atom is 0.307 e. The van der Waals surface area contributed by atoms with Gasteiger partial charge < -0.3 is 5.11 Å². The van der Waals surface area contributed by atoms with Crippen molar-refractivity contribution in [1.29, 1.82) is 0 Å². The largest absolute Gasteiger partial charge is 0.481 e. The van der Waals surface area contributed by atoms with Crippen LogP contribution in [0.4, 0.5) is 0 Å². The molecule has 2 nitrogen and oxygen atoms in total. The van der Waals surface area contributed by atoms with Crippen LogP contribution in [0.25, 0.3) is 0 Å². The van der Waals surface area contributed by atoms with E-state index in [1.54, 1.807) is 6.92 Å². The van der Waals surface area contributed by atoms with Gasteiger partial charge in [-0.1, -0.05) is 13.8 Å². The summed E-state index contributed by atoms with van der Waals surface area (Å²) in [5.41, 5.74) is 0. The van der Waals surface area contributed by atoms with Crippen LogP contribution in [-0.2, 0) is 4.79 Å². The first-order valence-electron chi connectivity index (χ1n) is 2.68. The molecule has 1 unspecified atom stereocenters. The fraction of sp³-hybridized carbons (Fsp3) is 0.800. The highest BCUT2D eigenvalue weighted by Gasteiger charge is 2.30. The van der Waals surface area contributed by atoms with Crippen molar-refractivity contribution in [3.63, 3.8) is 0 Å². The van der Waals surface area contributed by atoms with Gasteiger partial charge in [-0.15, -0.1) is 0 Å². The van der Waals surface area contributed by atoms with Gasteiger partial charge in [0.25, 0.3) is 0 Å². The van der Waals surface area contributed by atoms with Gasteiger partial charge in [-0.2, -0.15) is 11.1 Å². The molecule has 0 bridgehead atoms. The number of rotatable bonds is 3. The highest BCUT2D eigenvalue weighted by atomic mass is 35.6. The lowest BCUT2D eigenvalue weighted by Gasteiger charge is -2.16. The molecule has 0 aliphatic carbocycles. The Balaban J connectivity index is 4.09. The Hall–Kier alpha value is -0.0231. The van der Waals surface area contributed by atoms with Crippen LogP contribution in [0.2, 0.25) is 5.04 Å². The predicted octanol–water partition coefficient (Wildman–Crippen LogP) is 1.52. The lowest BCUT2D eigenvalue weighted by Crippen LogP contribution is -2.22. The van der Waals surface area contributed by atoms with E-state index in [4.69, 9.17) is 16.2 Å². The average molecular weight is 165 g/mol. The van der Waals surface area contributed by atoms with E-state index in [0.29, 0.717) is 6.42 Å². The van der Waals surface area contributed by atoms with Gasteiger partial charge in [0.1, 0.15) is 0 Å². The van der Waals surface area contributed by atoms with Crippen LogP contribution < -0.4 is 0 Å². The minimum absolute atomic E-state index is 0.0451. The third kappa shape index (κ3) is 1.99. The van der Waals surface area contributed by atoms with Gasteiger partial charge in [0.2, 0.25) is 0 Å². The summed E-state index contributed by atoms with van der Waals surface area (Å²) >= 11 is 5.45. The lowest BCUT2D eigenvalue weighted by molar-refractivity contribution is -0.140. The SMILES string of the molecule is CCC(C)([Si]Cl)C(=O)O. The van der Waals surface area contributed by atoms with Crippen molar-refractivity contribution in [2.45, 2.75) is 25.3 Å². The van der Waals surface area contributed by atoms with E-state index in [1.807, 2.05) is 6.92 Å². The highest BCUT2D eigenvalue weighted by molar-refractivity contribution is 6.96. The maximum absolute atomic E-state index is 10.4. The first-order valence-corrected chi connectivity index (χ1v) is 4.69. The van der Waals surface area contributed by atoms with E-state index in [1.165, 1.54) is 0 Å². The van der Waals surface area contributed by atoms with Gasteiger partial charge in [-0.25, -0.2) is 0 Å². The zero-order chi connectivity index (χ0) is 7.49. The summed E-state index contributed by atoms with van der Waals surface area (Å²) in [6.07, 6.45) is 0.588. The summed E-state index contributed by atoms with van der Waals surface area (Å²) in [7, 11) is -0.0451. The Morgan fingerprint density at radius 1 is 1.89 bits per heavy atom. The summed E-state index contributed by atoms with van der Waals surface area (Å²) < 4.78 is 0. The fourth-order valence-electron chi connectivity index (χ4n) is 0.258. The molecule has 52 valence electrons. The Morgan fingerprint density at radius 3 is 2.33 bits per heavy atom. The Bertz CT molecular complexity index is 112. The number of carboxylic acids is 1. The standard InChI is InChI=1S/C5H9ClO2Si/c1-3-5(2,9-6)4(7)8/h3H2,1-2H3,(H,7,8). The summed E-state index contributed by atoms with van der Waals surface area (Å²) in [4.78, 5) is 10.4. The van der Waals surface area contributed by atoms with Gasteiger partial charge in [-0.05, 0) is 6.42 Å². The second-order valence-corrected chi connectivity index (χ2v) is 3.94. The molecule has 1 atom stereocenters. The van der Waals surface area contributed by atoms with E-state index in [-0.39, 0.29) is 8.83 Å². The normalized spacial score (nSPS) is 16.8. The number of hydrogen-bond acceptors (Lipinski definition) is 1. The van der Waals surface area contributed by atoms with Crippen molar-refractivity contribution >= 4 is 25.9 Å². The van der Waals surface area contributed by atoms with Crippen LogP contribution in [0.1, 0.15) is 20.3 Å². The first-order chi connectivity index (χ1) is 4.06. The monoisotopic (exact) mass is 164 g/mol. The van der Waals surface area contributed by atoms with Crippen LogP contribution >= 0.6 is 11.1 Å². The van der Waals surface area contributed by atoms with Crippen LogP contribution in [0.15, 0.2) is 0 Å². The topological polar surface area (TPSA) is 37.3 Å². The molecular formula is C5H9ClO2Si. The fourth-order valence-corrected chi connectivity index (χ4v) is 1.12. The summed E-state index contributed by atoms with van der Waals surface area (Å²) in [5, 5.41) is 7.85. The number of carbonyl (C=O) groups is 1. The summed E-state index contributed by atoms with van der Waals surface area (Å²) in [6.45, 7) is 3.48. The smallest absolute Gasteiger partial charge is 0.307 e. The molecule has 9 heavy (non-hydrogen) atoms. The van der Waals surface area contributed by atoms with E-state index in [0.717, 1.165) is 0 Å². The molecule has 0 fully saturated rings. The summed E-state index contributed by atoms with van der Waals surface area (Å²) in [6, 6.07) is 0. The Morgan fingerprint density at radius 2 is 2.33 bits per heavy atom. The molecule has 0 aromatic carbocycles. The second-order valence-electron chi connectivity index (χ2n) is 2.09. The third-order valence-electron chi connectivity index (χ3n) is 1.39. The lowest BCUT2D eigenvalue weighted by atomic mass is 10.1.